The molecule has 69 heavy (non-hydrogen) atoms. The third kappa shape index (κ3) is 30.7. The Morgan fingerprint density at radius 1 is 0.391 bits per heavy atom. The summed E-state index contributed by atoms with van der Waals surface area (Å²) in [6, 6.07) is 6.02. The fourth-order valence-corrected chi connectivity index (χ4v) is 7.32. The first-order valence-corrected chi connectivity index (χ1v) is 26.9. The minimum atomic E-state index is -4.80. The molecule has 0 aliphatic carbocycles. The zero-order valence-electron chi connectivity index (χ0n) is 41.3. The predicted molar refractivity (Wildman–Crippen MR) is 267 cm³/mol. The van der Waals surface area contributed by atoms with Crippen molar-refractivity contribution in [1.29, 1.82) is 0 Å². The van der Waals surface area contributed by atoms with Crippen LogP contribution < -0.4 is 0 Å². The minimum absolute atomic E-state index is 0. The van der Waals surface area contributed by atoms with Crippen molar-refractivity contribution < 1.29 is 64.1 Å². The molecule has 14 nitrogen and oxygen atoms in total. The number of ether oxygens (including phenoxy) is 4. The summed E-state index contributed by atoms with van der Waals surface area (Å²) in [6.07, 6.45) is 34.8. The molecule has 0 amide bonds. The van der Waals surface area contributed by atoms with Crippen LogP contribution in [-0.4, -0.2) is 114 Å². The van der Waals surface area contributed by atoms with Gasteiger partial charge < -0.3 is 28.1 Å². The Balaban J connectivity index is 0.00000132. The summed E-state index contributed by atoms with van der Waals surface area (Å²) in [4.78, 5) is 49.0. The Labute approximate surface area is 442 Å². The molecule has 0 N–H and O–H groups in total. The largest absolute Gasteiger partial charge is 2.00 e. The number of esters is 4. The molecule has 2 aromatic rings. The Kier molecular flexibility index (Phi) is 37.9. The number of unbranched alkanes of at least 4 members (excludes halogenated alkanes) is 12. The smallest absolute Gasteiger partial charge is 0.744 e. The number of rotatable bonds is 34. The molecule has 17 heteroatoms. The Bertz CT molecular complexity index is 1990. The van der Waals surface area contributed by atoms with Gasteiger partial charge in [-0.15, -0.1) is 0 Å². The molecule has 0 aliphatic rings. The van der Waals surface area contributed by atoms with E-state index in [1.807, 2.05) is 0 Å². The molecule has 0 bridgehead atoms. The number of carbonyl (C=O) groups is 4. The molecule has 0 aromatic heterocycles. The monoisotopic (exact) mass is 1030 g/mol. The quantitative estimate of drug-likeness (QED) is 0.0159. The van der Waals surface area contributed by atoms with E-state index in [-0.39, 0.29) is 86.4 Å². The van der Waals surface area contributed by atoms with Gasteiger partial charge in [-0.05, 0) is 165 Å². The van der Waals surface area contributed by atoms with Gasteiger partial charge in [0.2, 0.25) is 0 Å². The van der Waals surface area contributed by atoms with E-state index < -0.39 is 53.9 Å². The SMILES string of the molecule is CC/C=C/CCCCCOC(=O)c1ccc(S(=O)(=O)[O-])cc1C(=O)OCCCCC/C=C/CC.CC/C=C/CCCCCOC(=O)c1ccc(S(=O)(=O)[O-])cc1C(=O)OCCCCC/C=C/CC.[Ca+2]. The molecule has 380 valence electrons. The molecule has 0 spiro atoms. The van der Waals surface area contributed by atoms with E-state index in [0.29, 0.717) is 25.7 Å². The molecule has 0 saturated carbocycles. The molecule has 0 fully saturated rings. The van der Waals surface area contributed by atoms with Gasteiger partial charge in [0.1, 0.15) is 20.2 Å². The van der Waals surface area contributed by atoms with Crippen LogP contribution in [0.25, 0.3) is 0 Å². The van der Waals surface area contributed by atoms with Gasteiger partial charge in [-0.1, -0.05) is 76.3 Å². The first-order chi connectivity index (χ1) is 32.6. The fourth-order valence-electron chi connectivity index (χ4n) is 6.32. The van der Waals surface area contributed by atoms with Gasteiger partial charge in [-0.25, -0.2) is 36.0 Å². The average Bonchev–Trinajstić information content (AvgIpc) is 3.31. The minimum Gasteiger partial charge on any atom is -0.744 e. The van der Waals surface area contributed by atoms with Crippen molar-refractivity contribution in [1.82, 2.24) is 0 Å². The van der Waals surface area contributed by atoms with Gasteiger partial charge in [0, 0.05) is 0 Å². The second-order valence-electron chi connectivity index (χ2n) is 15.8. The van der Waals surface area contributed by atoms with E-state index in [4.69, 9.17) is 18.9 Å². The zero-order valence-corrected chi connectivity index (χ0v) is 45.1. The zero-order chi connectivity index (χ0) is 50.5. The van der Waals surface area contributed by atoms with Gasteiger partial charge in [-0.2, -0.15) is 0 Å². The second kappa shape index (κ2) is 40.0. The van der Waals surface area contributed by atoms with Crippen LogP contribution in [0.1, 0.15) is 198 Å². The van der Waals surface area contributed by atoms with Crippen molar-refractivity contribution in [2.24, 2.45) is 0 Å². The van der Waals surface area contributed by atoms with E-state index in [2.05, 4.69) is 76.3 Å². The van der Waals surface area contributed by atoms with Crippen LogP contribution in [0.15, 0.2) is 94.8 Å². The fraction of sp³-hybridized carbons (Fsp3) is 0.538. The molecule has 0 radical (unpaired) electrons. The van der Waals surface area contributed by atoms with Crippen LogP contribution in [0, 0.1) is 0 Å². The number of carbonyl (C=O) groups excluding carboxylic acids is 4. The van der Waals surface area contributed by atoms with Crippen LogP contribution >= 0.6 is 0 Å². The third-order valence-corrected chi connectivity index (χ3v) is 11.7. The first-order valence-electron chi connectivity index (χ1n) is 24.1. The van der Waals surface area contributed by atoms with E-state index in [1.165, 1.54) is 0 Å². The Morgan fingerprint density at radius 2 is 0.638 bits per heavy atom. The van der Waals surface area contributed by atoms with Crippen molar-refractivity contribution in [3.8, 4) is 0 Å². The molecular weight excluding hydrogens is 953 g/mol. The predicted octanol–water partition coefficient (Wildman–Crippen LogP) is 11.5. The maximum absolute atomic E-state index is 12.6. The Hall–Kier alpha value is -3.64. The number of hydrogen-bond donors (Lipinski definition) is 0. The summed E-state index contributed by atoms with van der Waals surface area (Å²) in [5.74, 6) is -3.22. The topological polar surface area (TPSA) is 220 Å². The van der Waals surface area contributed by atoms with Crippen LogP contribution in [0.4, 0.5) is 0 Å². The van der Waals surface area contributed by atoms with Crippen LogP contribution in [-0.2, 0) is 39.2 Å². The molecule has 0 aliphatic heterocycles. The maximum atomic E-state index is 12.6. The van der Waals surface area contributed by atoms with Crippen molar-refractivity contribution >= 4 is 81.9 Å². The molecule has 0 heterocycles. The van der Waals surface area contributed by atoms with Crippen molar-refractivity contribution in [2.45, 2.75) is 166 Å². The Morgan fingerprint density at radius 3 is 0.870 bits per heavy atom. The second-order valence-corrected chi connectivity index (χ2v) is 18.5. The third-order valence-electron chi connectivity index (χ3n) is 10.0. The van der Waals surface area contributed by atoms with E-state index in [0.717, 1.165) is 139 Å². The van der Waals surface area contributed by atoms with E-state index >= 15 is 0 Å². The van der Waals surface area contributed by atoms with Gasteiger partial charge >= 0.3 is 61.6 Å². The number of hydrogen-bond acceptors (Lipinski definition) is 14. The first kappa shape index (κ1) is 65.4. The summed E-state index contributed by atoms with van der Waals surface area (Å²) in [6.45, 7) is 8.91. The van der Waals surface area contributed by atoms with Crippen molar-refractivity contribution in [3.63, 3.8) is 0 Å². The van der Waals surface area contributed by atoms with Gasteiger partial charge in [-0.3, -0.25) is 0 Å². The summed E-state index contributed by atoms with van der Waals surface area (Å²) in [7, 11) is -9.59. The maximum Gasteiger partial charge on any atom is 2.00 e. The summed E-state index contributed by atoms with van der Waals surface area (Å²) in [5, 5.41) is 0. The molecule has 0 unspecified atom stereocenters. The van der Waals surface area contributed by atoms with Crippen molar-refractivity contribution in [2.75, 3.05) is 26.4 Å². The van der Waals surface area contributed by atoms with Gasteiger partial charge in [0.05, 0.1) is 58.5 Å². The molecule has 2 rings (SSSR count). The summed E-state index contributed by atoms with van der Waals surface area (Å²) >= 11 is 0. The molecule has 0 saturated heterocycles. The van der Waals surface area contributed by atoms with E-state index in [9.17, 15) is 45.1 Å². The van der Waals surface area contributed by atoms with Gasteiger partial charge in [0.15, 0.2) is 0 Å². The van der Waals surface area contributed by atoms with Gasteiger partial charge in [0.25, 0.3) is 0 Å². The average molecular weight is 1030 g/mol. The van der Waals surface area contributed by atoms with Crippen LogP contribution in [0.3, 0.4) is 0 Å². The standard InChI is InChI=1S/2C26H38O7S.Ca/c2*1-3-5-7-9-11-13-15-19-32-25(27)23-18-17-22(34(29,30)31)21-24(23)26(28)33-20-16-14-12-10-8-6-4-2;/h2*5-8,17-18,21H,3-4,9-16,19-20H2,1-2H3,(H,29,30,31);/q;;+2/p-2/b2*7-5+,8-6+;. The number of benzene rings is 2. The summed E-state index contributed by atoms with van der Waals surface area (Å²) < 4.78 is 89.4. The van der Waals surface area contributed by atoms with Crippen LogP contribution in [0.2, 0.25) is 0 Å². The van der Waals surface area contributed by atoms with Crippen LogP contribution in [0.5, 0.6) is 0 Å². The van der Waals surface area contributed by atoms with Crippen molar-refractivity contribution in [3.05, 3.63) is 107 Å². The molecule has 0 atom stereocenters. The summed E-state index contributed by atoms with van der Waals surface area (Å²) in [5.41, 5.74) is -0.795. The normalized spacial score (nSPS) is 11.7. The number of allylic oxidation sites excluding steroid dienone is 8. The molecule has 2 aromatic carbocycles. The van der Waals surface area contributed by atoms with E-state index in [1.54, 1.807) is 0 Å². The molecular formula is C52H74CaO14S2.